The predicted molar refractivity (Wildman–Crippen MR) is 113 cm³/mol. The van der Waals surface area contributed by atoms with Crippen LogP contribution in [0.3, 0.4) is 0 Å². The van der Waals surface area contributed by atoms with Crippen LogP contribution in [0.4, 0.5) is 0 Å². The SMILES string of the molecule is C=C[C@@H]1C[C@H](O[Si](c2ccccc2)(c2ccccc2)C(C)(C)C)C(OC)O1. The lowest BCUT2D eigenvalue weighted by Gasteiger charge is -2.45. The van der Waals surface area contributed by atoms with Gasteiger partial charge in [0, 0.05) is 13.5 Å². The van der Waals surface area contributed by atoms with Gasteiger partial charge in [-0.25, -0.2) is 0 Å². The lowest BCUT2D eigenvalue weighted by Crippen LogP contribution is -2.68. The van der Waals surface area contributed by atoms with Crippen LogP contribution in [0.15, 0.2) is 73.3 Å². The Balaban J connectivity index is 2.14. The van der Waals surface area contributed by atoms with Crippen molar-refractivity contribution in [3.63, 3.8) is 0 Å². The van der Waals surface area contributed by atoms with Crippen molar-refractivity contribution in [2.24, 2.45) is 0 Å². The Bertz CT molecular complexity index is 700. The molecule has 3 atom stereocenters. The summed E-state index contributed by atoms with van der Waals surface area (Å²) in [6, 6.07) is 21.3. The highest BCUT2D eigenvalue weighted by molar-refractivity contribution is 6.99. The van der Waals surface area contributed by atoms with Crippen LogP contribution in [0.2, 0.25) is 5.04 Å². The van der Waals surface area contributed by atoms with Crippen LogP contribution in [0.25, 0.3) is 0 Å². The molecule has 0 bridgehead atoms. The average molecular weight is 383 g/mol. The molecule has 0 N–H and O–H groups in total. The monoisotopic (exact) mass is 382 g/mol. The molecule has 1 saturated heterocycles. The van der Waals surface area contributed by atoms with E-state index in [0.29, 0.717) is 0 Å². The van der Waals surface area contributed by atoms with Gasteiger partial charge in [0.05, 0.1) is 12.2 Å². The Kier molecular flexibility index (Phi) is 6.01. The van der Waals surface area contributed by atoms with Crippen LogP contribution in [0.5, 0.6) is 0 Å². The van der Waals surface area contributed by atoms with Gasteiger partial charge in [0.1, 0.15) is 0 Å². The summed E-state index contributed by atoms with van der Waals surface area (Å²) in [6.07, 6.45) is 2.03. The van der Waals surface area contributed by atoms with Gasteiger partial charge in [-0.05, 0) is 15.4 Å². The molecule has 1 aliphatic rings. The van der Waals surface area contributed by atoms with Crippen molar-refractivity contribution < 1.29 is 13.9 Å². The topological polar surface area (TPSA) is 27.7 Å². The van der Waals surface area contributed by atoms with Gasteiger partial charge >= 0.3 is 0 Å². The molecule has 3 nitrogen and oxygen atoms in total. The van der Waals surface area contributed by atoms with Crippen molar-refractivity contribution in [1.29, 1.82) is 0 Å². The average Bonchev–Trinajstić information content (AvgIpc) is 3.08. The largest absolute Gasteiger partial charge is 0.399 e. The first-order chi connectivity index (χ1) is 12.9. The normalized spacial score (nSPS) is 23.3. The maximum Gasteiger partial charge on any atom is 0.261 e. The maximum atomic E-state index is 7.11. The van der Waals surface area contributed by atoms with Gasteiger partial charge in [-0.3, -0.25) is 0 Å². The van der Waals surface area contributed by atoms with Crippen LogP contribution in [0.1, 0.15) is 27.2 Å². The molecule has 1 heterocycles. The molecular weight excluding hydrogens is 352 g/mol. The van der Waals surface area contributed by atoms with Gasteiger partial charge in [-0.1, -0.05) is 87.5 Å². The van der Waals surface area contributed by atoms with Crippen LogP contribution in [0, 0.1) is 0 Å². The molecule has 0 amide bonds. The smallest absolute Gasteiger partial charge is 0.261 e. The van der Waals surface area contributed by atoms with Crippen LogP contribution in [-0.2, 0) is 13.9 Å². The fourth-order valence-electron chi connectivity index (χ4n) is 4.04. The Labute approximate surface area is 164 Å². The summed E-state index contributed by atoms with van der Waals surface area (Å²) in [5, 5.41) is 2.46. The van der Waals surface area contributed by atoms with Crippen molar-refractivity contribution in [3.05, 3.63) is 73.3 Å². The van der Waals surface area contributed by atoms with Gasteiger partial charge < -0.3 is 13.9 Å². The Hall–Kier alpha value is -1.72. The quantitative estimate of drug-likeness (QED) is 0.561. The molecule has 0 aromatic heterocycles. The Morgan fingerprint density at radius 2 is 1.52 bits per heavy atom. The second-order valence-electron chi connectivity index (χ2n) is 8.07. The van der Waals surface area contributed by atoms with E-state index in [2.05, 4.69) is 88.0 Å². The fourth-order valence-corrected chi connectivity index (χ4v) is 8.71. The standard InChI is InChI=1S/C23H30O3Si/c1-6-18-17-21(22(24-5)25-18)26-27(23(2,3)4,19-13-9-7-10-14-19)20-15-11-8-12-16-20/h6-16,18,21-22H,1,17H2,2-5H3/t18-,21+,22?/m1/s1. The Morgan fingerprint density at radius 3 is 1.93 bits per heavy atom. The molecular formula is C23H30O3Si. The molecule has 1 fully saturated rings. The number of hydrogen-bond acceptors (Lipinski definition) is 3. The first kappa shape index (κ1) is 20.0. The third-order valence-corrected chi connectivity index (χ3v) is 10.4. The second-order valence-corrected chi connectivity index (χ2v) is 12.3. The zero-order chi connectivity index (χ0) is 19.5. The highest BCUT2D eigenvalue weighted by atomic mass is 28.4. The lowest BCUT2D eigenvalue weighted by atomic mass is 10.2. The van der Waals surface area contributed by atoms with Gasteiger partial charge in [0.15, 0.2) is 6.29 Å². The van der Waals surface area contributed by atoms with Crippen molar-refractivity contribution in [1.82, 2.24) is 0 Å². The molecule has 27 heavy (non-hydrogen) atoms. The van der Waals surface area contributed by atoms with Crippen molar-refractivity contribution in [3.8, 4) is 0 Å². The lowest BCUT2D eigenvalue weighted by molar-refractivity contribution is -0.137. The van der Waals surface area contributed by atoms with E-state index < -0.39 is 8.32 Å². The van der Waals surface area contributed by atoms with E-state index in [0.717, 1.165) is 6.42 Å². The van der Waals surface area contributed by atoms with E-state index >= 15 is 0 Å². The molecule has 1 unspecified atom stereocenters. The van der Waals surface area contributed by atoms with Crippen molar-refractivity contribution >= 4 is 18.7 Å². The zero-order valence-corrected chi connectivity index (χ0v) is 17.7. The van der Waals surface area contributed by atoms with Crippen LogP contribution < -0.4 is 10.4 Å². The van der Waals surface area contributed by atoms with Crippen molar-refractivity contribution in [2.45, 2.75) is 50.7 Å². The van der Waals surface area contributed by atoms with E-state index in [1.54, 1.807) is 7.11 Å². The number of rotatable bonds is 6. The first-order valence-electron chi connectivity index (χ1n) is 9.52. The van der Waals surface area contributed by atoms with E-state index in [1.165, 1.54) is 10.4 Å². The minimum atomic E-state index is -2.61. The third kappa shape index (κ3) is 3.80. The van der Waals surface area contributed by atoms with Crippen LogP contribution in [-0.4, -0.2) is 33.9 Å². The van der Waals surface area contributed by atoms with Gasteiger partial charge in [0.2, 0.25) is 0 Å². The molecule has 0 saturated carbocycles. The fraction of sp³-hybridized carbons (Fsp3) is 0.391. The third-order valence-electron chi connectivity index (χ3n) is 5.32. The molecule has 0 radical (unpaired) electrons. The molecule has 4 heteroatoms. The second kappa shape index (κ2) is 8.11. The summed E-state index contributed by atoms with van der Waals surface area (Å²) in [5.74, 6) is 0. The van der Waals surface area contributed by atoms with E-state index in [-0.39, 0.29) is 23.5 Å². The van der Waals surface area contributed by atoms with Gasteiger partial charge in [0.25, 0.3) is 8.32 Å². The summed E-state index contributed by atoms with van der Waals surface area (Å²) in [4.78, 5) is 0. The summed E-state index contributed by atoms with van der Waals surface area (Å²) >= 11 is 0. The minimum absolute atomic E-state index is 0.0434. The zero-order valence-electron chi connectivity index (χ0n) is 16.7. The van der Waals surface area contributed by atoms with E-state index in [4.69, 9.17) is 13.9 Å². The first-order valence-corrected chi connectivity index (χ1v) is 11.4. The number of ether oxygens (including phenoxy) is 2. The van der Waals surface area contributed by atoms with E-state index in [9.17, 15) is 0 Å². The van der Waals surface area contributed by atoms with Crippen molar-refractivity contribution in [2.75, 3.05) is 7.11 Å². The highest BCUT2D eigenvalue weighted by Crippen LogP contribution is 2.39. The molecule has 0 spiro atoms. The molecule has 1 aliphatic heterocycles. The number of benzene rings is 2. The Morgan fingerprint density at radius 1 is 1.00 bits per heavy atom. The number of methoxy groups -OCH3 is 1. The summed E-state index contributed by atoms with van der Waals surface area (Å²) < 4.78 is 18.7. The summed E-state index contributed by atoms with van der Waals surface area (Å²) in [5.41, 5.74) is 0. The molecule has 2 aromatic carbocycles. The van der Waals surface area contributed by atoms with E-state index in [1.807, 2.05) is 6.08 Å². The molecule has 2 aromatic rings. The minimum Gasteiger partial charge on any atom is -0.399 e. The summed E-state index contributed by atoms with van der Waals surface area (Å²) in [6.45, 7) is 10.7. The molecule has 144 valence electrons. The van der Waals surface area contributed by atoms with Crippen LogP contribution >= 0.6 is 0 Å². The maximum absolute atomic E-state index is 7.11. The molecule has 3 rings (SSSR count). The summed E-state index contributed by atoms with van der Waals surface area (Å²) in [7, 11) is -0.931. The predicted octanol–water partition coefficient (Wildman–Crippen LogP) is 3.88. The highest BCUT2D eigenvalue weighted by Gasteiger charge is 2.53. The van der Waals surface area contributed by atoms with Gasteiger partial charge in [-0.2, -0.15) is 0 Å². The number of hydrogen-bond donors (Lipinski definition) is 0. The molecule has 0 aliphatic carbocycles. The van der Waals surface area contributed by atoms with Gasteiger partial charge in [-0.15, -0.1) is 6.58 Å².